The summed E-state index contributed by atoms with van der Waals surface area (Å²) < 4.78 is 6.65. The van der Waals surface area contributed by atoms with E-state index in [2.05, 4.69) is 4.98 Å². The molecule has 0 unspecified atom stereocenters. The largest absolute Gasteiger partial charge is 0.469 e. The van der Waals surface area contributed by atoms with E-state index in [0.29, 0.717) is 18.7 Å². The number of hydrogen-bond acceptors (Lipinski definition) is 4. The quantitative estimate of drug-likeness (QED) is 0.827. The molecule has 2 aromatic heterocycles. The van der Waals surface area contributed by atoms with E-state index in [9.17, 15) is 4.79 Å². The molecule has 5 nitrogen and oxygen atoms in total. The van der Waals surface area contributed by atoms with Crippen LogP contribution in [0, 0.1) is 0 Å². The smallest absolute Gasteiger partial charge is 0.239 e. The number of imidazole rings is 1. The normalized spacial score (nSPS) is 10.6. The van der Waals surface area contributed by atoms with Crippen LogP contribution in [0.4, 0.5) is 0 Å². The van der Waals surface area contributed by atoms with Crippen molar-refractivity contribution in [2.75, 3.05) is 6.54 Å². The lowest BCUT2D eigenvalue weighted by atomic mass is 10.3. The molecule has 0 amide bonds. The molecular formula is C11H13N3O2. The number of aromatic nitrogens is 2. The number of furan rings is 1. The van der Waals surface area contributed by atoms with Crippen LogP contribution in [0.15, 0.2) is 35.3 Å². The Hall–Kier alpha value is -1.88. The first kappa shape index (κ1) is 10.6. The third-order valence-corrected chi connectivity index (χ3v) is 2.29. The SMILES string of the molecule is NCCc1cncn1C(=O)Cc1ccco1. The number of rotatable bonds is 4. The monoisotopic (exact) mass is 219 g/mol. The third-order valence-electron chi connectivity index (χ3n) is 2.29. The Bertz CT molecular complexity index is 459. The molecular weight excluding hydrogens is 206 g/mol. The fourth-order valence-electron chi connectivity index (χ4n) is 1.53. The fourth-order valence-corrected chi connectivity index (χ4v) is 1.53. The highest BCUT2D eigenvalue weighted by Gasteiger charge is 2.11. The van der Waals surface area contributed by atoms with Crippen LogP contribution < -0.4 is 5.73 Å². The zero-order valence-electron chi connectivity index (χ0n) is 8.80. The third kappa shape index (κ3) is 2.20. The van der Waals surface area contributed by atoms with Crippen LogP contribution in [0.1, 0.15) is 16.2 Å². The van der Waals surface area contributed by atoms with Crippen LogP contribution in [-0.4, -0.2) is 22.0 Å². The fraction of sp³-hybridized carbons (Fsp3) is 0.273. The molecule has 5 heteroatoms. The highest BCUT2D eigenvalue weighted by atomic mass is 16.3. The van der Waals surface area contributed by atoms with Gasteiger partial charge in [-0.25, -0.2) is 4.98 Å². The zero-order valence-corrected chi connectivity index (χ0v) is 8.80. The lowest BCUT2D eigenvalue weighted by molar-refractivity contribution is 0.0904. The van der Waals surface area contributed by atoms with Crippen molar-refractivity contribution in [1.29, 1.82) is 0 Å². The summed E-state index contributed by atoms with van der Waals surface area (Å²) in [4.78, 5) is 15.8. The average molecular weight is 219 g/mol. The minimum absolute atomic E-state index is 0.0594. The highest BCUT2D eigenvalue weighted by molar-refractivity contribution is 5.81. The molecule has 2 heterocycles. The van der Waals surface area contributed by atoms with Gasteiger partial charge in [0.25, 0.3) is 0 Å². The summed E-state index contributed by atoms with van der Waals surface area (Å²) in [6.45, 7) is 0.500. The molecule has 0 bridgehead atoms. The Kier molecular flexibility index (Phi) is 3.16. The molecule has 2 N–H and O–H groups in total. The van der Waals surface area contributed by atoms with Gasteiger partial charge in [-0.15, -0.1) is 0 Å². The van der Waals surface area contributed by atoms with Gasteiger partial charge in [-0.2, -0.15) is 0 Å². The summed E-state index contributed by atoms with van der Waals surface area (Å²) in [6, 6.07) is 3.54. The molecule has 0 aliphatic heterocycles. The topological polar surface area (TPSA) is 74.0 Å². The second kappa shape index (κ2) is 4.76. The first-order chi connectivity index (χ1) is 7.81. The lowest BCUT2D eigenvalue weighted by Crippen LogP contribution is -2.17. The number of carbonyl (C=O) groups is 1. The summed E-state index contributed by atoms with van der Waals surface area (Å²) in [5, 5.41) is 0. The van der Waals surface area contributed by atoms with Crippen LogP contribution in [-0.2, 0) is 12.8 Å². The molecule has 2 aromatic rings. The predicted molar refractivity (Wildman–Crippen MR) is 58.0 cm³/mol. The zero-order chi connectivity index (χ0) is 11.4. The molecule has 16 heavy (non-hydrogen) atoms. The number of nitrogens with zero attached hydrogens (tertiary/aromatic N) is 2. The Morgan fingerprint density at radius 1 is 1.56 bits per heavy atom. The highest BCUT2D eigenvalue weighted by Crippen LogP contribution is 2.06. The van der Waals surface area contributed by atoms with Crippen molar-refractivity contribution >= 4 is 5.91 Å². The predicted octanol–water partition coefficient (Wildman–Crippen LogP) is 0.860. The standard InChI is InChI=1S/C11H13N3O2/c12-4-3-9-7-13-8-14(9)11(15)6-10-2-1-5-16-10/h1-2,5,7-8H,3-4,6,12H2. The van der Waals surface area contributed by atoms with Gasteiger partial charge in [0.05, 0.1) is 12.7 Å². The van der Waals surface area contributed by atoms with Crippen molar-refractivity contribution in [3.05, 3.63) is 42.4 Å². The summed E-state index contributed by atoms with van der Waals surface area (Å²) in [5.41, 5.74) is 6.29. The Morgan fingerprint density at radius 3 is 3.12 bits per heavy atom. The van der Waals surface area contributed by atoms with E-state index in [1.807, 2.05) is 0 Å². The maximum Gasteiger partial charge on any atom is 0.239 e. The van der Waals surface area contributed by atoms with Gasteiger partial charge in [-0.3, -0.25) is 9.36 Å². The molecule has 84 valence electrons. The van der Waals surface area contributed by atoms with Crippen molar-refractivity contribution in [3.8, 4) is 0 Å². The van der Waals surface area contributed by atoms with Gasteiger partial charge in [0.15, 0.2) is 0 Å². The summed E-state index contributed by atoms with van der Waals surface area (Å²) >= 11 is 0. The summed E-state index contributed by atoms with van der Waals surface area (Å²) in [5.74, 6) is 0.591. The first-order valence-electron chi connectivity index (χ1n) is 5.08. The van der Waals surface area contributed by atoms with E-state index < -0.39 is 0 Å². The molecule has 0 saturated carbocycles. The van der Waals surface area contributed by atoms with Gasteiger partial charge in [0.1, 0.15) is 12.1 Å². The second-order valence-corrected chi connectivity index (χ2v) is 3.44. The van der Waals surface area contributed by atoms with Gasteiger partial charge in [0.2, 0.25) is 5.91 Å². The van der Waals surface area contributed by atoms with E-state index in [1.54, 1.807) is 24.6 Å². The van der Waals surface area contributed by atoms with Crippen molar-refractivity contribution in [2.24, 2.45) is 5.73 Å². The summed E-state index contributed by atoms with van der Waals surface area (Å²) in [6.07, 6.45) is 5.60. The number of nitrogens with two attached hydrogens (primary N) is 1. The molecule has 0 atom stereocenters. The van der Waals surface area contributed by atoms with Crippen molar-refractivity contribution in [3.63, 3.8) is 0 Å². The minimum Gasteiger partial charge on any atom is -0.469 e. The molecule has 0 aliphatic carbocycles. The van der Waals surface area contributed by atoms with Crippen molar-refractivity contribution < 1.29 is 9.21 Å². The van der Waals surface area contributed by atoms with Crippen LogP contribution in [0.2, 0.25) is 0 Å². The molecule has 0 aliphatic rings. The molecule has 0 saturated heterocycles. The Labute approximate surface area is 92.9 Å². The van der Waals surface area contributed by atoms with Gasteiger partial charge in [-0.05, 0) is 18.7 Å². The minimum atomic E-state index is -0.0594. The van der Waals surface area contributed by atoms with Crippen LogP contribution >= 0.6 is 0 Å². The average Bonchev–Trinajstić information content (AvgIpc) is 2.89. The Balaban J connectivity index is 2.11. The molecule has 0 spiro atoms. The van der Waals surface area contributed by atoms with Crippen LogP contribution in [0.25, 0.3) is 0 Å². The maximum absolute atomic E-state index is 11.9. The van der Waals surface area contributed by atoms with Crippen LogP contribution in [0.3, 0.4) is 0 Å². The van der Waals surface area contributed by atoms with Crippen molar-refractivity contribution in [1.82, 2.24) is 9.55 Å². The van der Waals surface area contributed by atoms with Gasteiger partial charge < -0.3 is 10.2 Å². The first-order valence-corrected chi connectivity index (χ1v) is 5.08. The van der Waals surface area contributed by atoms with Crippen LogP contribution in [0.5, 0.6) is 0 Å². The molecule has 0 aromatic carbocycles. The van der Waals surface area contributed by atoms with Gasteiger partial charge in [-0.1, -0.05) is 0 Å². The molecule has 0 fully saturated rings. The van der Waals surface area contributed by atoms with E-state index in [-0.39, 0.29) is 12.3 Å². The summed E-state index contributed by atoms with van der Waals surface area (Å²) in [7, 11) is 0. The Morgan fingerprint density at radius 2 is 2.44 bits per heavy atom. The van der Waals surface area contributed by atoms with E-state index >= 15 is 0 Å². The van der Waals surface area contributed by atoms with E-state index in [4.69, 9.17) is 10.2 Å². The van der Waals surface area contributed by atoms with E-state index in [0.717, 1.165) is 5.69 Å². The number of hydrogen-bond donors (Lipinski definition) is 1. The van der Waals surface area contributed by atoms with Gasteiger partial charge >= 0.3 is 0 Å². The van der Waals surface area contributed by atoms with Crippen molar-refractivity contribution in [2.45, 2.75) is 12.8 Å². The maximum atomic E-state index is 11.9. The van der Waals surface area contributed by atoms with Gasteiger partial charge in [0, 0.05) is 18.3 Å². The van der Waals surface area contributed by atoms with E-state index in [1.165, 1.54) is 10.9 Å². The second-order valence-electron chi connectivity index (χ2n) is 3.44. The lowest BCUT2D eigenvalue weighted by Gasteiger charge is -2.04. The number of carbonyl (C=O) groups excluding carboxylic acids is 1. The molecule has 2 rings (SSSR count). The molecule has 0 radical (unpaired) electrons.